The molecule has 0 atom stereocenters. The van der Waals surface area contributed by atoms with Crippen LogP contribution in [-0.2, 0) is 13.0 Å². The van der Waals surface area contributed by atoms with E-state index in [0.29, 0.717) is 25.4 Å². The molecule has 1 N–H and O–H groups in total. The Morgan fingerprint density at radius 3 is 2.30 bits per heavy atom. The number of benzene rings is 2. The molecular formula is C28H35N3O2. The lowest BCUT2D eigenvalue weighted by Gasteiger charge is -2.30. The predicted octanol–water partition coefficient (Wildman–Crippen LogP) is 4.44. The number of hydrogen-bond acceptors (Lipinski definition) is 3. The lowest BCUT2D eigenvalue weighted by Crippen LogP contribution is -2.41. The quantitative estimate of drug-likeness (QED) is 0.585. The SMILES string of the molecule is Cc1cccc(Cc2c(C3CCC(c4ccccc4)CC3)[nH]c(=O)n(CCN(C)C)c2=O)c1. The van der Waals surface area contributed by atoms with Crippen molar-refractivity contribution in [3.8, 4) is 0 Å². The van der Waals surface area contributed by atoms with Crippen LogP contribution < -0.4 is 11.2 Å². The smallest absolute Gasteiger partial charge is 0.310 e. The van der Waals surface area contributed by atoms with Crippen LogP contribution in [0.25, 0.3) is 0 Å². The number of nitrogens with zero attached hydrogens (tertiary/aromatic N) is 2. The molecule has 1 fully saturated rings. The number of nitrogens with one attached hydrogen (secondary N) is 1. The number of aromatic amines is 1. The van der Waals surface area contributed by atoms with Gasteiger partial charge in [-0.1, -0.05) is 60.2 Å². The van der Waals surface area contributed by atoms with Crippen LogP contribution in [0.3, 0.4) is 0 Å². The lowest BCUT2D eigenvalue weighted by molar-refractivity contribution is 0.369. The Morgan fingerprint density at radius 2 is 1.64 bits per heavy atom. The van der Waals surface area contributed by atoms with E-state index in [0.717, 1.165) is 42.5 Å². The second-order valence-electron chi connectivity index (χ2n) is 9.71. The van der Waals surface area contributed by atoms with Crippen molar-refractivity contribution in [2.24, 2.45) is 0 Å². The summed E-state index contributed by atoms with van der Waals surface area (Å²) in [7, 11) is 3.90. The lowest BCUT2D eigenvalue weighted by atomic mass is 9.76. The van der Waals surface area contributed by atoms with E-state index in [4.69, 9.17) is 0 Å². The molecule has 4 rings (SSSR count). The molecule has 0 unspecified atom stereocenters. The van der Waals surface area contributed by atoms with E-state index in [1.807, 2.05) is 25.1 Å². The zero-order chi connectivity index (χ0) is 23.4. The highest BCUT2D eigenvalue weighted by atomic mass is 16.2. The minimum atomic E-state index is -0.282. The van der Waals surface area contributed by atoms with Crippen LogP contribution in [0.1, 0.15) is 65.5 Å². The van der Waals surface area contributed by atoms with Gasteiger partial charge in [0.2, 0.25) is 0 Å². The molecule has 3 aromatic rings. The largest absolute Gasteiger partial charge is 0.328 e. The van der Waals surface area contributed by atoms with E-state index in [2.05, 4.69) is 60.4 Å². The molecular weight excluding hydrogens is 410 g/mol. The molecule has 1 aliphatic carbocycles. The fraction of sp³-hybridized carbons (Fsp3) is 0.429. The van der Waals surface area contributed by atoms with E-state index in [-0.39, 0.29) is 17.2 Å². The van der Waals surface area contributed by atoms with Gasteiger partial charge in [0, 0.05) is 30.8 Å². The number of likely N-dealkylation sites (N-methyl/N-ethyl adjacent to an activating group) is 1. The van der Waals surface area contributed by atoms with Gasteiger partial charge in [0.15, 0.2) is 0 Å². The molecule has 0 bridgehead atoms. The standard InChI is InChI=1S/C28H35N3O2/c1-20-8-7-9-21(18-20)19-25-26(29-28(33)31(27(25)32)17-16-30(2)3)24-14-12-23(13-15-24)22-10-5-4-6-11-22/h4-11,18,23-24H,12-17,19H2,1-3H3,(H,29,33). The zero-order valence-electron chi connectivity index (χ0n) is 20.0. The Hall–Kier alpha value is -2.92. The number of hydrogen-bond donors (Lipinski definition) is 1. The fourth-order valence-electron chi connectivity index (χ4n) is 5.12. The summed E-state index contributed by atoms with van der Waals surface area (Å²) in [4.78, 5) is 31.7. The topological polar surface area (TPSA) is 58.1 Å². The van der Waals surface area contributed by atoms with Crippen LogP contribution >= 0.6 is 0 Å². The van der Waals surface area contributed by atoms with Crippen LogP contribution in [0.15, 0.2) is 64.2 Å². The molecule has 5 heteroatoms. The predicted molar refractivity (Wildman–Crippen MR) is 134 cm³/mol. The Kier molecular flexibility index (Phi) is 7.29. The molecule has 0 amide bonds. The second kappa shape index (κ2) is 10.3. The van der Waals surface area contributed by atoms with Gasteiger partial charge < -0.3 is 9.88 Å². The van der Waals surface area contributed by atoms with Crippen molar-refractivity contribution < 1.29 is 0 Å². The van der Waals surface area contributed by atoms with Crippen molar-refractivity contribution in [2.75, 3.05) is 20.6 Å². The van der Waals surface area contributed by atoms with Crippen LogP contribution in [0.5, 0.6) is 0 Å². The average Bonchev–Trinajstić information content (AvgIpc) is 2.81. The first-order chi connectivity index (χ1) is 15.9. The second-order valence-corrected chi connectivity index (χ2v) is 9.71. The summed E-state index contributed by atoms with van der Waals surface area (Å²) in [5.41, 5.74) is 4.87. The van der Waals surface area contributed by atoms with Crippen LogP contribution in [0, 0.1) is 6.92 Å². The maximum absolute atomic E-state index is 13.6. The van der Waals surface area contributed by atoms with Crippen molar-refractivity contribution in [3.63, 3.8) is 0 Å². The highest BCUT2D eigenvalue weighted by Crippen LogP contribution is 2.40. The van der Waals surface area contributed by atoms with Gasteiger partial charge in [-0.05, 0) is 69.7 Å². The van der Waals surface area contributed by atoms with Crippen LogP contribution in [0.2, 0.25) is 0 Å². The summed E-state index contributed by atoms with van der Waals surface area (Å²) in [6.07, 6.45) is 4.66. The first kappa shape index (κ1) is 23.2. The van der Waals surface area contributed by atoms with Gasteiger partial charge in [0.1, 0.15) is 0 Å². The van der Waals surface area contributed by atoms with Crippen molar-refractivity contribution in [1.29, 1.82) is 0 Å². The van der Waals surface area contributed by atoms with E-state index in [1.54, 1.807) is 0 Å². The monoisotopic (exact) mass is 445 g/mol. The molecule has 1 aliphatic rings. The summed E-state index contributed by atoms with van der Waals surface area (Å²) in [6, 6.07) is 19.0. The minimum absolute atomic E-state index is 0.137. The fourth-order valence-corrected chi connectivity index (χ4v) is 5.12. The average molecular weight is 446 g/mol. The van der Waals surface area contributed by atoms with Gasteiger partial charge in [-0.2, -0.15) is 0 Å². The van der Waals surface area contributed by atoms with E-state index < -0.39 is 0 Å². The summed E-state index contributed by atoms with van der Waals surface area (Å²) in [5, 5.41) is 0. The maximum Gasteiger partial charge on any atom is 0.328 e. The molecule has 0 radical (unpaired) electrons. The third-order valence-corrected chi connectivity index (χ3v) is 6.96. The van der Waals surface area contributed by atoms with Crippen molar-refractivity contribution in [2.45, 2.75) is 57.4 Å². The number of rotatable bonds is 7. The van der Waals surface area contributed by atoms with Gasteiger partial charge in [-0.15, -0.1) is 0 Å². The van der Waals surface area contributed by atoms with E-state index >= 15 is 0 Å². The molecule has 1 heterocycles. The molecule has 5 nitrogen and oxygen atoms in total. The minimum Gasteiger partial charge on any atom is -0.310 e. The van der Waals surface area contributed by atoms with Gasteiger partial charge in [-0.3, -0.25) is 9.36 Å². The highest BCUT2D eigenvalue weighted by molar-refractivity contribution is 5.32. The molecule has 2 aromatic carbocycles. The third-order valence-electron chi connectivity index (χ3n) is 6.96. The molecule has 33 heavy (non-hydrogen) atoms. The first-order valence-corrected chi connectivity index (χ1v) is 12.0. The first-order valence-electron chi connectivity index (χ1n) is 12.0. The van der Waals surface area contributed by atoms with Gasteiger partial charge in [0.25, 0.3) is 5.56 Å². The number of aryl methyl sites for hydroxylation is 1. The summed E-state index contributed by atoms with van der Waals surface area (Å²) in [5.74, 6) is 0.767. The third kappa shape index (κ3) is 5.53. The van der Waals surface area contributed by atoms with Gasteiger partial charge in [0.05, 0.1) is 0 Å². The Morgan fingerprint density at radius 1 is 0.939 bits per heavy atom. The van der Waals surface area contributed by atoms with Crippen LogP contribution in [-0.4, -0.2) is 35.1 Å². The Balaban J connectivity index is 1.66. The zero-order valence-corrected chi connectivity index (χ0v) is 20.0. The van der Waals surface area contributed by atoms with Crippen molar-refractivity contribution >= 4 is 0 Å². The molecule has 0 aliphatic heterocycles. The van der Waals surface area contributed by atoms with Crippen molar-refractivity contribution in [3.05, 3.63) is 103 Å². The maximum atomic E-state index is 13.6. The van der Waals surface area contributed by atoms with E-state index in [9.17, 15) is 9.59 Å². The summed E-state index contributed by atoms with van der Waals surface area (Å²) < 4.78 is 1.38. The highest BCUT2D eigenvalue weighted by Gasteiger charge is 2.27. The van der Waals surface area contributed by atoms with Crippen LogP contribution in [0.4, 0.5) is 0 Å². The van der Waals surface area contributed by atoms with Gasteiger partial charge >= 0.3 is 5.69 Å². The molecule has 174 valence electrons. The molecule has 1 aromatic heterocycles. The Bertz CT molecular complexity index is 1190. The number of H-pyrrole nitrogens is 1. The van der Waals surface area contributed by atoms with Crippen molar-refractivity contribution in [1.82, 2.24) is 14.5 Å². The Labute approximate surface area is 196 Å². The molecule has 1 saturated carbocycles. The normalized spacial score (nSPS) is 18.5. The molecule has 0 saturated heterocycles. The summed E-state index contributed by atoms with van der Waals surface area (Å²) >= 11 is 0. The van der Waals surface area contributed by atoms with Gasteiger partial charge in [-0.25, -0.2) is 4.79 Å². The van der Waals surface area contributed by atoms with E-state index in [1.165, 1.54) is 15.7 Å². The molecule has 0 spiro atoms. The summed E-state index contributed by atoms with van der Waals surface area (Å²) in [6.45, 7) is 3.11. The number of aromatic nitrogens is 2.